The molecule has 0 bridgehead atoms. The van der Waals surface area contributed by atoms with Crippen molar-refractivity contribution in [1.82, 2.24) is 19.3 Å². The van der Waals surface area contributed by atoms with E-state index in [-0.39, 0.29) is 18.6 Å². The molecule has 8 heteroatoms. The van der Waals surface area contributed by atoms with Crippen LogP contribution in [0.15, 0.2) is 80.2 Å². The van der Waals surface area contributed by atoms with Gasteiger partial charge in [0, 0.05) is 5.56 Å². The summed E-state index contributed by atoms with van der Waals surface area (Å²) in [5.41, 5.74) is 2.68. The zero-order valence-electron chi connectivity index (χ0n) is 16.7. The maximum Gasteiger partial charge on any atom is 0.332 e. The molecule has 0 aliphatic rings. The van der Waals surface area contributed by atoms with Crippen LogP contribution in [0.4, 0.5) is 0 Å². The smallest absolute Gasteiger partial charge is 0.332 e. The van der Waals surface area contributed by atoms with Crippen molar-refractivity contribution in [3.05, 3.63) is 104 Å². The Balaban J connectivity index is 1.57. The van der Waals surface area contributed by atoms with E-state index in [0.717, 1.165) is 16.7 Å². The second-order valence-electron chi connectivity index (χ2n) is 7.26. The molecule has 0 atom stereocenters. The Morgan fingerprint density at radius 2 is 1.81 bits per heavy atom. The van der Waals surface area contributed by atoms with Crippen molar-refractivity contribution < 1.29 is 4.52 Å². The fraction of sp³-hybridized carbons (Fsp3) is 0.130. The SMILES string of the molecule is Cc1cccc(-c2noc(Cn3c(=O)n(Cc4ccccc4)c(=O)c4sccc43)n2)c1. The van der Waals surface area contributed by atoms with Gasteiger partial charge in [-0.3, -0.25) is 13.9 Å². The lowest BCUT2D eigenvalue weighted by molar-refractivity contribution is 0.369. The molecule has 0 spiro atoms. The van der Waals surface area contributed by atoms with Gasteiger partial charge in [-0.1, -0.05) is 59.3 Å². The van der Waals surface area contributed by atoms with Crippen LogP contribution >= 0.6 is 11.3 Å². The highest BCUT2D eigenvalue weighted by atomic mass is 32.1. The molecule has 0 amide bonds. The van der Waals surface area contributed by atoms with Crippen LogP contribution in [0.5, 0.6) is 0 Å². The maximum atomic E-state index is 13.3. The zero-order chi connectivity index (χ0) is 21.4. The van der Waals surface area contributed by atoms with Crippen LogP contribution in [0.2, 0.25) is 0 Å². The summed E-state index contributed by atoms with van der Waals surface area (Å²) in [7, 11) is 0. The number of rotatable bonds is 5. The Labute approximate surface area is 180 Å². The summed E-state index contributed by atoms with van der Waals surface area (Å²) in [4.78, 5) is 30.7. The van der Waals surface area contributed by atoms with Crippen molar-refractivity contribution in [2.24, 2.45) is 0 Å². The summed E-state index contributed by atoms with van der Waals surface area (Å²) >= 11 is 1.32. The second kappa shape index (κ2) is 7.81. The number of thiophene rings is 1. The third kappa shape index (κ3) is 3.62. The Kier molecular flexibility index (Phi) is 4.83. The van der Waals surface area contributed by atoms with E-state index in [1.54, 1.807) is 11.4 Å². The fourth-order valence-electron chi connectivity index (χ4n) is 3.55. The molecule has 7 nitrogen and oxygen atoms in total. The standard InChI is InChI=1S/C23H18N4O3S/c1-15-6-5-9-17(12-15)21-24-19(30-25-21)14-26-18-10-11-31-20(18)22(28)27(23(26)29)13-16-7-3-2-4-8-16/h2-12H,13-14H2,1H3. The molecule has 0 saturated heterocycles. The number of fused-ring (bicyclic) bond motifs is 1. The Bertz CT molecular complexity index is 1490. The largest absolute Gasteiger partial charge is 0.337 e. The number of hydrogen-bond acceptors (Lipinski definition) is 6. The van der Waals surface area contributed by atoms with Gasteiger partial charge in [-0.05, 0) is 30.0 Å². The van der Waals surface area contributed by atoms with Crippen molar-refractivity contribution in [2.75, 3.05) is 0 Å². The van der Waals surface area contributed by atoms with Crippen molar-refractivity contribution in [1.29, 1.82) is 0 Å². The summed E-state index contributed by atoms with van der Waals surface area (Å²) < 4.78 is 8.72. The van der Waals surface area contributed by atoms with Gasteiger partial charge in [0.05, 0.1) is 12.1 Å². The van der Waals surface area contributed by atoms with E-state index in [4.69, 9.17) is 4.52 Å². The molecule has 5 rings (SSSR count). The monoisotopic (exact) mass is 430 g/mol. The second-order valence-corrected chi connectivity index (χ2v) is 8.18. The van der Waals surface area contributed by atoms with Crippen molar-refractivity contribution in [3.8, 4) is 11.4 Å². The molecular formula is C23H18N4O3S. The van der Waals surface area contributed by atoms with Crippen LogP contribution in [-0.4, -0.2) is 19.3 Å². The van der Waals surface area contributed by atoms with Gasteiger partial charge in [-0.25, -0.2) is 4.79 Å². The van der Waals surface area contributed by atoms with Crippen LogP contribution in [0.1, 0.15) is 17.0 Å². The molecule has 31 heavy (non-hydrogen) atoms. The van der Waals surface area contributed by atoms with E-state index in [2.05, 4.69) is 10.1 Å². The van der Waals surface area contributed by atoms with Crippen molar-refractivity contribution >= 4 is 21.6 Å². The van der Waals surface area contributed by atoms with Gasteiger partial charge in [0.2, 0.25) is 11.7 Å². The average molecular weight is 430 g/mol. The molecule has 3 heterocycles. The molecule has 0 saturated carbocycles. The summed E-state index contributed by atoms with van der Waals surface area (Å²) in [5.74, 6) is 0.766. The highest BCUT2D eigenvalue weighted by Crippen LogP contribution is 2.19. The average Bonchev–Trinajstić information content (AvgIpc) is 3.45. The van der Waals surface area contributed by atoms with E-state index in [9.17, 15) is 9.59 Å². The molecule has 154 valence electrons. The van der Waals surface area contributed by atoms with E-state index >= 15 is 0 Å². The number of aromatic nitrogens is 4. The lowest BCUT2D eigenvalue weighted by Gasteiger charge is -2.10. The Morgan fingerprint density at radius 3 is 2.61 bits per heavy atom. The van der Waals surface area contributed by atoms with Crippen LogP contribution < -0.4 is 11.2 Å². The van der Waals surface area contributed by atoms with E-state index < -0.39 is 5.69 Å². The van der Waals surface area contributed by atoms with Gasteiger partial charge in [0.15, 0.2) is 0 Å². The highest BCUT2D eigenvalue weighted by Gasteiger charge is 2.17. The number of benzene rings is 2. The quantitative estimate of drug-likeness (QED) is 0.425. The lowest BCUT2D eigenvalue weighted by atomic mass is 10.1. The molecule has 3 aromatic heterocycles. The van der Waals surface area contributed by atoms with Crippen LogP contribution in [-0.2, 0) is 13.1 Å². The minimum Gasteiger partial charge on any atom is -0.337 e. The summed E-state index contributed by atoms with van der Waals surface area (Å²) in [6.45, 7) is 2.28. The van der Waals surface area contributed by atoms with Gasteiger partial charge in [-0.15, -0.1) is 11.3 Å². The molecule has 5 aromatic rings. The predicted molar refractivity (Wildman–Crippen MR) is 119 cm³/mol. The number of nitrogens with zero attached hydrogens (tertiary/aromatic N) is 4. The van der Waals surface area contributed by atoms with E-state index in [1.165, 1.54) is 20.5 Å². The van der Waals surface area contributed by atoms with Crippen LogP contribution in [0.3, 0.4) is 0 Å². The molecule has 0 aliphatic carbocycles. The maximum absolute atomic E-state index is 13.3. The lowest BCUT2D eigenvalue weighted by Crippen LogP contribution is -2.40. The Morgan fingerprint density at radius 1 is 0.968 bits per heavy atom. The summed E-state index contributed by atoms with van der Waals surface area (Å²) in [5, 5.41) is 5.87. The first-order chi connectivity index (χ1) is 15.1. The van der Waals surface area contributed by atoms with Gasteiger partial charge in [0.25, 0.3) is 5.56 Å². The van der Waals surface area contributed by atoms with Crippen LogP contribution in [0, 0.1) is 6.92 Å². The number of hydrogen-bond donors (Lipinski definition) is 0. The normalized spacial score (nSPS) is 11.3. The molecule has 0 aliphatic heterocycles. The van der Waals surface area contributed by atoms with Crippen molar-refractivity contribution in [3.63, 3.8) is 0 Å². The fourth-order valence-corrected chi connectivity index (χ4v) is 4.39. The van der Waals surface area contributed by atoms with E-state index in [1.807, 2.05) is 61.5 Å². The molecule has 2 aromatic carbocycles. The molecular weight excluding hydrogens is 412 g/mol. The third-order valence-electron chi connectivity index (χ3n) is 5.06. The highest BCUT2D eigenvalue weighted by molar-refractivity contribution is 7.17. The molecule has 0 N–H and O–H groups in total. The Hall–Kier alpha value is -3.78. The molecule has 0 unspecified atom stereocenters. The van der Waals surface area contributed by atoms with Gasteiger partial charge < -0.3 is 4.52 Å². The predicted octanol–water partition coefficient (Wildman–Crippen LogP) is 3.68. The van der Waals surface area contributed by atoms with Gasteiger partial charge >= 0.3 is 5.69 Å². The first-order valence-corrected chi connectivity index (χ1v) is 10.6. The molecule has 0 fully saturated rings. The van der Waals surface area contributed by atoms with Crippen molar-refractivity contribution in [2.45, 2.75) is 20.0 Å². The first-order valence-electron chi connectivity index (χ1n) is 9.74. The van der Waals surface area contributed by atoms with E-state index in [0.29, 0.717) is 21.9 Å². The topological polar surface area (TPSA) is 82.9 Å². The minimum absolute atomic E-state index is 0.0833. The minimum atomic E-state index is -0.407. The van der Waals surface area contributed by atoms with Crippen LogP contribution in [0.25, 0.3) is 21.6 Å². The zero-order valence-corrected chi connectivity index (χ0v) is 17.5. The summed E-state index contributed by atoms with van der Waals surface area (Å²) in [6, 6.07) is 19.0. The van der Waals surface area contributed by atoms with Gasteiger partial charge in [0.1, 0.15) is 11.2 Å². The first kappa shape index (κ1) is 19.2. The summed E-state index contributed by atoms with van der Waals surface area (Å²) in [6.07, 6.45) is 0. The molecule has 0 radical (unpaired) electrons. The third-order valence-corrected chi connectivity index (χ3v) is 5.95. The number of aryl methyl sites for hydroxylation is 1. The van der Waals surface area contributed by atoms with Gasteiger partial charge in [-0.2, -0.15) is 4.98 Å².